The van der Waals surface area contributed by atoms with Crippen molar-refractivity contribution < 1.29 is 9.21 Å². The molecule has 1 aromatic heterocycles. The smallest absolute Gasteiger partial charge is 0.291 e. The molecule has 2 aromatic carbocycles. The van der Waals surface area contributed by atoms with Crippen LogP contribution in [0.3, 0.4) is 0 Å². The summed E-state index contributed by atoms with van der Waals surface area (Å²) in [5.41, 5.74) is 3.08. The quantitative estimate of drug-likeness (QED) is 0.319. The summed E-state index contributed by atoms with van der Waals surface area (Å²) in [5.74, 6) is 0.768. The molecule has 0 saturated heterocycles. The van der Waals surface area contributed by atoms with E-state index in [0.717, 1.165) is 31.2 Å². The zero-order valence-corrected chi connectivity index (χ0v) is 19.5. The second-order valence-electron chi connectivity index (χ2n) is 7.58. The average molecular weight is 448 g/mol. The van der Waals surface area contributed by atoms with Crippen LogP contribution in [0, 0.1) is 0 Å². The molecule has 0 saturated carbocycles. The maximum Gasteiger partial charge on any atom is 0.291 e. The number of benzene rings is 2. The number of nitrogens with zero attached hydrogens (tertiary/aromatic N) is 2. The van der Waals surface area contributed by atoms with Gasteiger partial charge in [-0.2, -0.15) is 0 Å². The molecule has 0 aliphatic heterocycles. The minimum absolute atomic E-state index is 0.261. The monoisotopic (exact) mass is 447 g/mol. The van der Waals surface area contributed by atoms with Gasteiger partial charge in [0.1, 0.15) is 0 Å². The highest BCUT2D eigenvalue weighted by Crippen LogP contribution is 2.19. The summed E-state index contributed by atoms with van der Waals surface area (Å²) in [4.78, 5) is 18.9. The lowest BCUT2D eigenvalue weighted by atomic mass is 10.1. The third-order valence-electron chi connectivity index (χ3n) is 5.54. The number of carbonyl (C=O) groups is 1. The highest BCUT2D eigenvalue weighted by molar-refractivity contribution is 6.02. The molecule has 0 bridgehead atoms. The second kappa shape index (κ2) is 12.5. The van der Waals surface area contributed by atoms with E-state index in [2.05, 4.69) is 64.0 Å². The molecule has 0 aliphatic carbocycles. The van der Waals surface area contributed by atoms with Crippen molar-refractivity contribution in [2.24, 2.45) is 4.99 Å². The Hall–Kier alpha value is -3.58. The first-order chi connectivity index (χ1) is 16.1. The fourth-order valence-electron chi connectivity index (χ4n) is 3.70. The van der Waals surface area contributed by atoms with Gasteiger partial charge < -0.3 is 20.4 Å². The SMILES string of the molecule is CCN(CC)C(CNC(=NC)NCc1ccc(NC(=O)c2ccco2)cc1)c1ccccc1. The van der Waals surface area contributed by atoms with Crippen molar-refractivity contribution in [3.63, 3.8) is 0 Å². The van der Waals surface area contributed by atoms with E-state index in [1.54, 1.807) is 19.2 Å². The zero-order valence-electron chi connectivity index (χ0n) is 19.5. The Kier molecular flexibility index (Phi) is 9.08. The molecule has 0 fully saturated rings. The minimum atomic E-state index is -0.267. The van der Waals surface area contributed by atoms with Crippen LogP contribution in [0.2, 0.25) is 0 Å². The van der Waals surface area contributed by atoms with E-state index >= 15 is 0 Å². The van der Waals surface area contributed by atoms with E-state index in [9.17, 15) is 4.79 Å². The summed E-state index contributed by atoms with van der Waals surface area (Å²) in [6.45, 7) is 7.70. The van der Waals surface area contributed by atoms with Gasteiger partial charge in [0.05, 0.1) is 12.3 Å². The van der Waals surface area contributed by atoms with Crippen LogP contribution in [0.15, 0.2) is 82.4 Å². The van der Waals surface area contributed by atoms with Crippen molar-refractivity contribution in [1.82, 2.24) is 15.5 Å². The molecular weight excluding hydrogens is 414 g/mol. The van der Waals surface area contributed by atoms with E-state index in [4.69, 9.17) is 4.42 Å². The molecule has 0 spiro atoms. The molecule has 3 aromatic rings. The summed E-state index contributed by atoms with van der Waals surface area (Å²) < 4.78 is 5.12. The fourth-order valence-corrected chi connectivity index (χ4v) is 3.70. The molecule has 1 atom stereocenters. The second-order valence-corrected chi connectivity index (χ2v) is 7.58. The van der Waals surface area contributed by atoms with Crippen molar-refractivity contribution in [2.45, 2.75) is 26.4 Å². The average Bonchev–Trinajstić information content (AvgIpc) is 3.40. The number of anilines is 1. The first kappa shape index (κ1) is 24.1. The number of likely N-dealkylation sites (N-methyl/N-ethyl adjacent to an activating group) is 1. The lowest BCUT2D eigenvalue weighted by Crippen LogP contribution is -2.43. The standard InChI is InChI=1S/C26H33N5O2/c1-4-31(5-2)23(21-10-7-6-8-11-21)19-29-26(27-3)28-18-20-13-15-22(16-14-20)30-25(32)24-12-9-17-33-24/h6-17,23H,4-5,18-19H2,1-3H3,(H,30,32)(H2,27,28,29). The number of hydrogen-bond acceptors (Lipinski definition) is 4. The van der Waals surface area contributed by atoms with Gasteiger partial charge in [-0.05, 0) is 48.5 Å². The van der Waals surface area contributed by atoms with Crippen LogP contribution in [-0.4, -0.2) is 43.4 Å². The lowest BCUT2D eigenvalue weighted by Gasteiger charge is -2.30. The molecule has 174 valence electrons. The van der Waals surface area contributed by atoms with Crippen LogP contribution in [0.25, 0.3) is 0 Å². The van der Waals surface area contributed by atoms with Crippen LogP contribution < -0.4 is 16.0 Å². The number of furan rings is 1. The highest BCUT2D eigenvalue weighted by Gasteiger charge is 2.18. The summed E-state index contributed by atoms with van der Waals surface area (Å²) in [6, 6.07) is 21.8. The third-order valence-corrected chi connectivity index (χ3v) is 5.54. The Morgan fingerprint density at radius 1 is 0.970 bits per heavy atom. The molecule has 7 nitrogen and oxygen atoms in total. The Labute approximate surface area is 195 Å². The van der Waals surface area contributed by atoms with Crippen LogP contribution >= 0.6 is 0 Å². The van der Waals surface area contributed by atoms with Gasteiger partial charge in [-0.15, -0.1) is 0 Å². The zero-order chi connectivity index (χ0) is 23.5. The molecular formula is C26H33N5O2. The molecule has 1 amide bonds. The normalized spacial score (nSPS) is 12.4. The molecule has 1 unspecified atom stereocenters. The molecule has 33 heavy (non-hydrogen) atoms. The Morgan fingerprint density at radius 2 is 1.70 bits per heavy atom. The van der Waals surface area contributed by atoms with Crippen LogP contribution in [0.1, 0.15) is 41.6 Å². The van der Waals surface area contributed by atoms with Crippen LogP contribution in [-0.2, 0) is 6.54 Å². The molecule has 0 radical (unpaired) electrons. The topological polar surface area (TPSA) is 81.9 Å². The Balaban J connectivity index is 1.53. The number of rotatable bonds is 10. The largest absolute Gasteiger partial charge is 0.459 e. The number of amides is 1. The summed E-state index contributed by atoms with van der Waals surface area (Å²) in [5, 5.41) is 9.66. The maximum atomic E-state index is 12.1. The van der Waals surface area contributed by atoms with Gasteiger partial charge in [0.25, 0.3) is 5.91 Å². The highest BCUT2D eigenvalue weighted by atomic mass is 16.3. The predicted octanol–water partition coefficient (Wildman–Crippen LogP) is 4.28. The molecule has 7 heteroatoms. The van der Waals surface area contributed by atoms with Crippen molar-refractivity contribution in [2.75, 3.05) is 32.0 Å². The number of guanidine groups is 1. The van der Waals surface area contributed by atoms with Crippen LogP contribution in [0.4, 0.5) is 5.69 Å². The number of hydrogen-bond donors (Lipinski definition) is 3. The van der Waals surface area contributed by atoms with Gasteiger partial charge in [0.15, 0.2) is 11.7 Å². The minimum Gasteiger partial charge on any atom is -0.459 e. The Morgan fingerprint density at radius 3 is 2.30 bits per heavy atom. The summed E-state index contributed by atoms with van der Waals surface area (Å²) >= 11 is 0. The third kappa shape index (κ3) is 6.95. The van der Waals surface area contributed by atoms with Crippen molar-refractivity contribution in [3.8, 4) is 0 Å². The predicted molar refractivity (Wildman–Crippen MR) is 133 cm³/mol. The first-order valence-corrected chi connectivity index (χ1v) is 11.3. The summed E-state index contributed by atoms with van der Waals surface area (Å²) in [6.07, 6.45) is 1.48. The first-order valence-electron chi connectivity index (χ1n) is 11.3. The molecule has 1 heterocycles. The van der Waals surface area contributed by atoms with E-state index in [0.29, 0.717) is 12.2 Å². The van der Waals surface area contributed by atoms with Gasteiger partial charge in [0.2, 0.25) is 0 Å². The Bertz CT molecular complexity index is 997. The van der Waals surface area contributed by atoms with Gasteiger partial charge in [-0.25, -0.2) is 0 Å². The van der Waals surface area contributed by atoms with E-state index in [-0.39, 0.29) is 17.7 Å². The van der Waals surface area contributed by atoms with E-state index in [1.165, 1.54) is 11.8 Å². The van der Waals surface area contributed by atoms with Gasteiger partial charge in [-0.1, -0.05) is 56.3 Å². The molecule has 3 rings (SSSR count). The van der Waals surface area contributed by atoms with Gasteiger partial charge in [0, 0.05) is 25.8 Å². The van der Waals surface area contributed by atoms with Gasteiger partial charge >= 0.3 is 0 Å². The van der Waals surface area contributed by atoms with E-state index < -0.39 is 0 Å². The molecule has 0 aliphatic rings. The van der Waals surface area contributed by atoms with Gasteiger partial charge in [-0.3, -0.25) is 14.7 Å². The number of aliphatic imine (C=N–C) groups is 1. The van der Waals surface area contributed by atoms with Crippen molar-refractivity contribution in [3.05, 3.63) is 89.9 Å². The lowest BCUT2D eigenvalue weighted by molar-refractivity contribution is 0.0996. The summed E-state index contributed by atoms with van der Waals surface area (Å²) in [7, 11) is 1.78. The van der Waals surface area contributed by atoms with Crippen molar-refractivity contribution in [1.29, 1.82) is 0 Å². The van der Waals surface area contributed by atoms with E-state index in [1.807, 2.05) is 30.3 Å². The maximum absolute atomic E-state index is 12.1. The van der Waals surface area contributed by atoms with Crippen LogP contribution in [0.5, 0.6) is 0 Å². The number of nitrogens with one attached hydrogen (secondary N) is 3. The fraction of sp³-hybridized carbons (Fsp3) is 0.308. The number of carbonyl (C=O) groups excluding carboxylic acids is 1. The van der Waals surface area contributed by atoms with Crippen molar-refractivity contribution >= 4 is 17.6 Å². The molecule has 3 N–H and O–H groups in total.